The van der Waals surface area contributed by atoms with Crippen molar-refractivity contribution in [3.63, 3.8) is 0 Å². The molecule has 152 valence electrons. The molecular weight excluding hydrogens is 350 g/mol. The fraction of sp³-hybridized carbons (Fsp3) is 0.435. The predicted octanol–water partition coefficient (Wildman–Crippen LogP) is 3.43. The van der Waals surface area contributed by atoms with Gasteiger partial charge >= 0.3 is 0 Å². The molecule has 0 atom stereocenters. The molecular formula is C23H33N3O2. The lowest BCUT2D eigenvalue weighted by molar-refractivity contribution is 0.0689. The van der Waals surface area contributed by atoms with Gasteiger partial charge in [0.2, 0.25) is 0 Å². The highest BCUT2D eigenvalue weighted by atomic mass is 16.5. The van der Waals surface area contributed by atoms with Crippen LogP contribution in [0.25, 0.3) is 0 Å². The number of ether oxygens (including phenoxy) is 2. The molecule has 0 heterocycles. The number of methoxy groups -OCH3 is 1. The Bertz CT molecular complexity index is 623. The van der Waals surface area contributed by atoms with Gasteiger partial charge in [-0.05, 0) is 24.0 Å². The van der Waals surface area contributed by atoms with E-state index in [2.05, 4.69) is 76.3 Å². The van der Waals surface area contributed by atoms with Gasteiger partial charge in [0.1, 0.15) is 0 Å². The first-order valence-electron chi connectivity index (χ1n) is 9.96. The smallest absolute Gasteiger partial charge is 0.191 e. The summed E-state index contributed by atoms with van der Waals surface area (Å²) in [5.74, 6) is 1.10. The van der Waals surface area contributed by atoms with E-state index in [0.717, 1.165) is 38.5 Å². The summed E-state index contributed by atoms with van der Waals surface area (Å²) in [5, 5.41) is 6.86. The predicted molar refractivity (Wildman–Crippen MR) is 116 cm³/mol. The zero-order valence-electron chi connectivity index (χ0n) is 17.1. The molecule has 0 aliphatic heterocycles. The van der Waals surface area contributed by atoms with E-state index in [0.29, 0.717) is 13.2 Å². The zero-order chi connectivity index (χ0) is 19.9. The van der Waals surface area contributed by atoms with Crippen molar-refractivity contribution in [2.75, 3.05) is 47.1 Å². The van der Waals surface area contributed by atoms with Gasteiger partial charge in [-0.15, -0.1) is 0 Å². The van der Waals surface area contributed by atoms with Gasteiger partial charge in [-0.3, -0.25) is 4.99 Å². The highest BCUT2D eigenvalue weighted by Gasteiger charge is 2.14. The largest absolute Gasteiger partial charge is 0.382 e. The highest BCUT2D eigenvalue weighted by molar-refractivity contribution is 5.79. The van der Waals surface area contributed by atoms with Gasteiger partial charge in [-0.2, -0.15) is 0 Å². The minimum absolute atomic E-state index is 0.273. The summed E-state index contributed by atoms with van der Waals surface area (Å²) in [5.41, 5.74) is 2.59. The lowest BCUT2D eigenvalue weighted by Crippen LogP contribution is -2.40. The number of nitrogens with one attached hydrogen (secondary N) is 2. The van der Waals surface area contributed by atoms with Crippen LogP contribution in [0.4, 0.5) is 0 Å². The van der Waals surface area contributed by atoms with E-state index in [1.165, 1.54) is 11.1 Å². The van der Waals surface area contributed by atoms with Gasteiger partial charge in [0.15, 0.2) is 5.96 Å². The molecule has 5 heteroatoms. The van der Waals surface area contributed by atoms with Crippen LogP contribution in [0.2, 0.25) is 0 Å². The molecule has 0 saturated heterocycles. The van der Waals surface area contributed by atoms with Crippen LogP contribution in [-0.2, 0) is 9.47 Å². The maximum atomic E-state index is 5.49. The summed E-state index contributed by atoms with van der Waals surface area (Å²) in [7, 11) is 3.50. The second kappa shape index (κ2) is 13.7. The number of aliphatic imine (C=N–C) groups is 1. The Labute approximate surface area is 169 Å². The molecule has 2 aromatic rings. The van der Waals surface area contributed by atoms with Crippen molar-refractivity contribution in [1.82, 2.24) is 10.6 Å². The van der Waals surface area contributed by atoms with E-state index in [1.807, 2.05) is 7.05 Å². The summed E-state index contributed by atoms with van der Waals surface area (Å²) >= 11 is 0. The van der Waals surface area contributed by atoms with E-state index in [9.17, 15) is 0 Å². The monoisotopic (exact) mass is 383 g/mol. The summed E-state index contributed by atoms with van der Waals surface area (Å²) in [6.45, 7) is 3.73. The molecule has 2 aromatic carbocycles. The molecule has 0 amide bonds. The van der Waals surface area contributed by atoms with Gasteiger partial charge in [0.05, 0.1) is 13.2 Å². The van der Waals surface area contributed by atoms with Crippen LogP contribution in [-0.4, -0.2) is 53.0 Å². The number of hydrogen-bond acceptors (Lipinski definition) is 3. The van der Waals surface area contributed by atoms with E-state index >= 15 is 0 Å². The Morgan fingerprint density at radius 2 is 1.50 bits per heavy atom. The van der Waals surface area contributed by atoms with Gasteiger partial charge in [-0.25, -0.2) is 0 Å². The van der Waals surface area contributed by atoms with Crippen LogP contribution in [0.3, 0.4) is 0 Å². The molecule has 0 radical (unpaired) electrons. The molecule has 0 aliphatic carbocycles. The number of guanidine groups is 1. The first-order valence-corrected chi connectivity index (χ1v) is 9.96. The van der Waals surface area contributed by atoms with Crippen LogP contribution >= 0.6 is 0 Å². The Morgan fingerprint density at radius 1 is 0.857 bits per heavy atom. The van der Waals surface area contributed by atoms with E-state index in [4.69, 9.17) is 9.47 Å². The van der Waals surface area contributed by atoms with Crippen LogP contribution in [0, 0.1) is 0 Å². The van der Waals surface area contributed by atoms with Gasteiger partial charge in [0, 0.05) is 39.8 Å². The topological polar surface area (TPSA) is 54.9 Å². The van der Waals surface area contributed by atoms with E-state index in [1.54, 1.807) is 7.11 Å². The number of unbranched alkanes of at least 4 members (excludes halogenated alkanes) is 1. The molecule has 2 N–H and O–H groups in total. The average molecular weight is 384 g/mol. The van der Waals surface area contributed by atoms with Crippen molar-refractivity contribution in [1.29, 1.82) is 0 Å². The number of nitrogens with zero attached hydrogens (tertiary/aromatic N) is 1. The van der Waals surface area contributed by atoms with Gasteiger partial charge in [0.25, 0.3) is 0 Å². The molecule has 28 heavy (non-hydrogen) atoms. The Morgan fingerprint density at radius 3 is 2.07 bits per heavy atom. The quantitative estimate of drug-likeness (QED) is 0.335. The van der Waals surface area contributed by atoms with Crippen LogP contribution in [0.5, 0.6) is 0 Å². The SMILES string of the molecule is CN=C(NCCCCOCCOC)NCC(c1ccccc1)c1ccccc1. The second-order valence-corrected chi connectivity index (χ2v) is 6.57. The van der Waals surface area contributed by atoms with Crippen molar-refractivity contribution in [2.24, 2.45) is 4.99 Å². The molecule has 0 spiro atoms. The maximum absolute atomic E-state index is 5.49. The summed E-state index contributed by atoms with van der Waals surface area (Å²) in [6, 6.07) is 21.2. The van der Waals surface area contributed by atoms with Crippen molar-refractivity contribution in [2.45, 2.75) is 18.8 Å². The Balaban J connectivity index is 1.79. The average Bonchev–Trinajstić information content (AvgIpc) is 2.75. The summed E-state index contributed by atoms with van der Waals surface area (Å²) < 4.78 is 10.4. The zero-order valence-corrected chi connectivity index (χ0v) is 17.1. The fourth-order valence-corrected chi connectivity index (χ4v) is 3.00. The third-order valence-electron chi connectivity index (χ3n) is 4.54. The number of benzene rings is 2. The lowest BCUT2D eigenvalue weighted by atomic mass is 9.91. The van der Waals surface area contributed by atoms with E-state index < -0.39 is 0 Å². The molecule has 2 rings (SSSR count). The maximum Gasteiger partial charge on any atom is 0.191 e. The second-order valence-electron chi connectivity index (χ2n) is 6.57. The van der Waals surface area contributed by atoms with Crippen LogP contribution < -0.4 is 10.6 Å². The van der Waals surface area contributed by atoms with Crippen molar-refractivity contribution < 1.29 is 9.47 Å². The standard InChI is InChI=1S/C23H33N3O2/c1-24-23(25-15-9-10-16-28-18-17-27-2)26-19-22(20-11-5-3-6-12-20)21-13-7-4-8-14-21/h3-8,11-14,22H,9-10,15-19H2,1-2H3,(H2,24,25,26). The van der Waals surface area contributed by atoms with Crippen molar-refractivity contribution in [3.8, 4) is 0 Å². The van der Waals surface area contributed by atoms with Crippen molar-refractivity contribution >= 4 is 5.96 Å². The van der Waals surface area contributed by atoms with Gasteiger partial charge in [-0.1, -0.05) is 60.7 Å². The molecule has 0 unspecified atom stereocenters. The first kappa shape index (κ1) is 21.9. The normalized spacial score (nSPS) is 11.6. The van der Waals surface area contributed by atoms with Gasteiger partial charge < -0.3 is 20.1 Å². The van der Waals surface area contributed by atoms with Crippen LogP contribution in [0.15, 0.2) is 65.7 Å². The first-order chi connectivity index (χ1) is 13.8. The highest BCUT2D eigenvalue weighted by Crippen LogP contribution is 2.23. The lowest BCUT2D eigenvalue weighted by Gasteiger charge is -2.20. The Kier molecular flexibility index (Phi) is 10.8. The fourth-order valence-electron chi connectivity index (χ4n) is 3.00. The molecule has 0 bridgehead atoms. The minimum atomic E-state index is 0.273. The molecule has 0 aromatic heterocycles. The number of hydrogen-bond donors (Lipinski definition) is 2. The molecule has 0 saturated carbocycles. The summed E-state index contributed by atoms with van der Waals surface area (Å²) in [6.07, 6.45) is 2.05. The summed E-state index contributed by atoms with van der Waals surface area (Å²) in [4.78, 5) is 4.35. The third kappa shape index (κ3) is 8.11. The minimum Gasteiger partial charge on any atom is -0.382 e. The molecule has 5 nitrogen and oxygen atoms in total. The Hall–Kier alpha value is -2.37. The molecule has 0 aliphatic rings. The number of rotatable bonds is 12. The van der Waals surface area contributed by atoms with E-state index in [-0.39, 0.29) is 5.92 Å². The van der Waals surface area contributed by atoms with Crippen molar-refractivity contribution in [3.05, 3.63) is 71.8 Å². The van der Waals surface area contributed by atoms with Crippen LogP contribution in [0.1, 0.15) is 29.9 Å². The molecule has 0 fully saturated rings. The third-order valence-corrected chi connectivity index (χ3v) is 4.54.